The van der Waals surface area contributed by atoms with Crippen molar-refractivity contribution in [3.63, 3.8) is 0 Å². The molecule has 5 aromatic carbocycles. The Bertz CT molecular complexity index is 2260. The number of nitrogens with one attached hydrogen (secondary N) is 1. The van der Waals surface area contributed by atoms with Crippen LogP contribution in [-0.2, 0) is 19.8 Å². The molecule has 2 N–H and O–H groups in total. The molecule has 0 saturated carbocycles. The highest BCUT2D eigenvalue weighted by Gasteiger charge is 2.49. The summed E-state index contributed by atoms with van der Waals surface area (Å²) in [7, 11) is 3.16. The lowest BCUT2D eigenvalue weighted by molar-refractivity contribution is -0.240. The predicted octanol–water partition coefficient (Wildman–Crippen LogP) is 6.01. The van der Waals surface area contributed by atoms with Gasteiger partial charge in [-0.15, -0.1) is 0 Å². The lowest BCUT2D eigenvalue weighted by Gasteiger charge is -2.45. The van der Waals surface area contributed by atoms with Crippen molar-refractivity contribution < 1.29 is 38.4 Å². The minimum atomic E-state index is -1.54. The maximum absolute atomic E-state index is 13.6. The Morgan fingerprint density at radius 1 is 0.732 bits per heavy atom. The molecule has 6 aromatic rings. The number of carbonyl (C=O) groups is 2. The van der Waals surface area contributed by atoms with Crippen molar-refractivity contribution in [2.75, 3.05) is 26.1 Å². The highest BCUT2D eigenvalue weighted by molar-refractivity contribution is 6.03. The van der Waals surface area contributed by atoms with E-state index in [1.807, 2.05) is 78.9 Å². The van der Waals surface area contributed by atoms with Gasteiger partial charge in [0.1, 0.15) is 35.1 Å². The second-order valence-corrected chi connectivity index (χ2v) is 12.9. The summed E-state index contributed by atoms with van der Waals surface area (Å²) in [5, 5.41) is 14.9. The van der Waals surface area contributed by atoms with Gasteiger partial charge in [0.15, 0.2) is 12.3 Å². The SMILES string of the molecule is COc1ccc(C(O[C@@H]2CO[C@@H](n3ccc(NC(=O)c4ccccc4)nc3=O)[C@H](OC(=O)c3ccccc3)[C@@H]2O)(c2ccccc2)c2ccc(OC)cc2)cc1. The molecule has 1 amide bonds. The Balaban J connectivity index is 1.28. The zero-order valence-electron chi connectivity index (χ0n) is 30.6. The van der Waals surface area contributed by atoms with Gasteiger partial charge in [-0.3, -0.25) is 9.36 Å². The lowest BCUT2D eigenvalue weighted by Crippen LogP contribution is -2.57. The minimum Gasteiger partial charge on any atom is -0.497 e. The molecular formula is C44H39N3O9. The maximum atomic E-state index is 13.6. The molecule has 0 radical (unpaired) electrons. The molecule has 56 heavy (non-hydrogen) atoms. The van der Waals surface area contributed by atoms with Crippen molar-refractivity contribution in [3.8, 4) is 11.5 Å². The van der Waals surface area contributed by atoms with E-state index in [-0.39, 0.29) is 18.0 Å². The summed E-state index contributed by atoms with van der Waals surface area (Å²) < 4.78 is 31.5. The second-order valence-electron chi connectivity index (χ2n) is 12.9. The molecule has 12 heteroatoms. The van der Waals surface area contributed by atoms with Crippen molar-refractivity contribution in [2.45, 2.75) is 30.1 Å². The molecule has 284 valence electrons. The number of anilines is 1. The Morgan fingerprint density at radius 2 is 1.25 bits per heavy atom. The molecule has 0 spiro atoms. The molecule has 1 aliphatic heterocycles. The molecular weight excluding hydrogens is 714 g/mol. The standard InChI is InChI=1S/C44H39N3O9/c1-52-34-22-18-32(19-23-34)44(31-16-10-5-11-17-31,33-20-24-35(53-2)25-21-33)56-36-28-54-41(39(38(36)48)55-42(50)30-14-8-4-9-15-30)47-27-26-37(46-43(47)51)45-40(49)29-12-6-3-7-13-29/h3-27,36,38-39,41,48H,28H2,1-2H3,(H,45,46,49,51)/t36-,38-,39-,41-/m1/s1. The highest BCUT2D eigenvalue weighted by atomic mass is 16.6. The van der Waals surface area contributed by atoms with E-state index in [4.69, 9.17) is 23.7 Å². The van der Waals surface area contributed by atoms with Gasteiger partial charge in [0.25, 0.3) is 5.91 Å². The first-order valence-electron chi connectivity index (χ1n) is 17.8. The lowest BCUT2D eigenvalue weighted by atomic mass is 9.79. The van der Waals surface area contributed by atoms with Crippen LogP contribution in [0.1, 0.15) is 43.6 Å². The Labute approximate surface area is 322 Å². The second kappa shape index (κ2) is 16.8. The monoisotopic (exact) mass is 753 g/mol. The smallest absolute Gasteiger partial charge is 0.351 e. The van der Waals surface area contributed by atoms with E-state index in [2.05, 4.69) is 10.3 Å². The third-order valence-corrected chi connectivity index (χ3v) is 9.57. The number of aromatic nitrogens is 2. The van der Waals surface area contributed by atoms with Crippen LogP contribution < -0.4 is 20.5 Å². The van der Waals surface area contributed by atoms with Gasteiger partial charge >= 0.3 is 11.7 Å². The Hall–Kier alpha value is -6.60. The maximum Gasteiger partial charge on any atom is 0.351 e. The van der Waals surface area contributed by atoms with Gasteiger partial charge in [-0.1, -0.05) is 91.0 Å². The molecule has 2 heterocycles. The third-order valence-electron chi connectivity index (χ3n) is 9.57. The first kappa shape index (κ1) is 37.7. The summed E-state index contributed by atoms with van der Waals surface area (Å²) in [4.78, 5) is 44.0. The predicted molar refractivity (Wildman–Crippen MR) is 207 cm³/mol. The summed E-state index contributed by atoms with van der Waals surface area (Å²) >= 11 is 0. The van der Waals surface area contributed by atoms with Gasteiger partial charge in [0.2, 0.25) is 0 Å². The van der Waals surface area contributed by atoms with E-state index in [9.17, 15) is 19.5 Å². The molecule has 1 saturated heterocycles. The highest BCUT2D eigenvalue weighted by Crippen LogP contribution is 2.44. The van der Waals surface area contributed by atoms with Crippen LogP contribution in [0.3, 0.4) is 0 Å². The number of benzene rings is 5. The fraction of sp³-hybridized carbons (Fsp3) is 0.182. The van der Waals surface area contributed by atoms with E-state index in [0.717, 1.165) is 10.1 Å². The van der Waals surface area contributed by atoms with Gasteiger partial charge in [0, 0.05) is 11.8 Å². The molecule has 0 bridgehead atoms. The molecule has 1 fully saturated rings. The van der Waals surface area contributed by atoms with Crippen LogP contribution in [-0.4, -0.2) is 65.7 Å². The van der Waals surface area contributed by atoms with E-state index in [0.29, 0.717) is 28.2 Å². The summed E-state index contributed by atoms with van der Waals surface area (Å²) in [6.07, 6.45) is -4.10. The van der Waals surface area contributed by atoms with E-state index >= 15 is 0 Å². The van der Waals surface area contributed by atoms with Crippen LogP contribution in [0.15, 0.2) is 157 Å². The van der Waals surface area contributed by atoms with Gasteiger partial charge < -0.3 is 34.1 Å². The summed E-state index contributed by atoms with van der Waals surface area (Å²) in [5.74, 6) is 0.0575. The fourth-order valence-corrected chi connectivity index (χ4v) is 6.71. The first-order valence-corrected chi connectivity index (χ1v) is 17.8. The van der Waals surface area contributed by atoms with Crippen molar-refractivity contribution >= 4 is 17.7 Å². The van der Waals surface area contributed by atoms with E-state index < -0.39 is 47.7 Å². The zero-order chi connectivity index (χ0) is 39.1. The number of carbonyl (C=O) groups excluding carboxylic acids is 2. The number of rotatable bonds is 12. The van der Waals surface area contributed by atoms with E-state index in [1.54, 1.807) is 74.9 Å². The Morgan fingerprint density at radius 3 is 1.79 bits per heavy atom. The molecule has 0 aliphatic carbocycles. The summed E-state index contributed by atoms with van der Waals surface area (Å²) in [5.41, 5.74) is 0.574. The Kier molecular flexibility index (Phi) is 11.3. The van der Waals surface area contributed by atoms with Gasteiger partial charge in [-0.25, -0.2) is 9.59 Å². The van der Waals surface area contributed by atoms with Gasteiger partial charge in [-0.2, -0.15) is 4.98 Å². The van der Waals surface area contributed by atoms with Gasteiger partial charge in [-0.05, 0) is 71.3 Å². The molecule has 1 aliphatic rings. The number of esters is 1. The molecule has 7 rings (SSSR count). The number of ether oxygens (including phenoxy) is 5. The van der Waals surface area contributed by atoms with Crippen LogP contribution >= 0.6 is 0 Å². The molecule has 12 nitrogen and oxygen atoms in total. The quantitative estimate of drug-likeness (QED) is 0.113. The number of aliphatic hydroxyl groups excluding tert-OH is 1. The fourth-order valence-electron chi connectivity index (χ4n) is 6.71. The average molecular weight is 754 g/mol. The largest absolute Gasteiger partial charge is 0.497 e. The molecule has 0 unspecified atom stereocenters. The van der Waals surface area contributed by atoms with Crippen LogP contribution in [0.4, 0.5) is 5.82 Å². The third kappa shape index (κ3) is 7.80. The minimum absolute atomic E-state index is 0.00197. The molecule has 4 atom stereocenters. The number of hydrogen-bond donors (Lipinski definition) is 2. The van der Waals surface area contributed by atoms with Crippen LogP contribution in [0.5, 0.6) is 11.5 Å². The number of methoxy groups -OCH3 is 2. The van der Waals surface area contributed by atoms with Crippen molar-refractivity contribution in [1.29, 1.82) is 0 Å². The topological polar surface area (TPSA) is 147 Å². The molecule has 1 aromatic heterocycles. The number of hydrogen-bond acceptors (Lipinski definition) is 10. The number of amides is 1. The zero-order valence-corrected chi connectivity index (χ0v) is 30.6. The summed E-state index contributed by atoms with van der Waals surface area (Å²) in [6, 6.07) is 42.5. The van der Waals surface area contributed by atoms with Crippen LogP contribution in [0.2, 0.25) is 0 Å². The van der Waals surface area contributed by atoms with E-state index in [1.165, 1.54) is 12.3 Å². The number of nitrogens with zero attached hydrogens (tertiary/aromatic N) is 2. The first-order chi connectivity index (χ1) is 27.3. The summed E-state index contributed by atoms with van der Waals surface area (Å²) in [6.45, 7) is -0.231. The van der Waals surface area contributed by atoms with Crippen molar-refractivity contribution in [3.05, 3.63) is 190 Å². The normalized spacial score (nSPS) is 18.1. The van der Waals surface area contributed by atoms with Crippen molar-refractivity contribution in [1.82, 2.24) is 9.55 Å². The van der Waals surface area contributed by atoms with Crippen LogP contribution in [0, 0.1) is 0 Å². The average Bonchev–Trinajstić information content (AvgIpc) is 3.25. The van der Waals surface area contributed by atoms with Crippen molar-refractivity contribution in [2.24, 2.45) is 0 Å². The van der Waals surface area contributed by atoms with Crippen LogP contribution in [0.25, 0.3) is 0 Å². The van der Waals surface area contributed by atoms with Gasteiger partial charge in [0.05, 0.1) is 26.4 Å². The number of aliphatic hydroxyl groups is 1.